The largest absolute Gasteiger partial charge is 0.460 e. The van der Waals surface area contributed by atoms with E-state index in [4.69, 9.17) is 19.4 Å². The van der Waals surface area contributed by atoms with Gasteiger partial charge in [0.25, 0.3) is 0 Å². The van der Waals surface area contributed by atoms with Crippen molar-refractivity contribution in [1.82, 2.24) is 0 Å². The summed E-state index contributed by atoms with van der Waals surface area (Å²) in [4.78, 5) is 25.5. The quantitative estimate of drug-likeness (QED) is 0.292. The normalized spacial score (nSPS) is 13.3. The van der Waals surface area contributed by atoms with Crippen molar-refractivity contribution in [2.45, 2.75) is 63.2 Å². The Morgan fingerprint density at radius 2 is 1.50 bits per heavy atom. The summed E-state index contributed by atoms with van der Waals surface area (Å²) in [6.45, 7) is 7.12. The van der Waals surface area contributed by atoms with E-state index in [1.165, 1.54) is 24.3 Å². The Labute approximate surface area is 223 Å². The van der Waals surface area contributed by atoms with E-state index in [-0.39, 0.29) is 23.7 Å². The molecule has 202 valence electrons. The number of carbonyl (C=O) groups excluding carboxylic acids is 2. The molecule has 0 radical (unpaired) electrons. The van der Waals surface area contributed by atoms with Crippen LogP contribution in [-0.2, 0) is 35.8 Å². The van der Waals surface area contributed by atoms with Gasteiger partial charge in [0.15, 0.2) is 0 Å². The van der Waals surface area contributed by atoms with E-state index in [1.54, 1.807) is 45.0 Å². The molecule has 2 atom stereocenters. The molecule has 8 nitrogen and oxygen atoms in total. The van der Waals surface area contributed by atoms with Crippen LogP contribution in [0.15, 0.2) is 83.8 Å². The van der Waals surface area contributed by atoms with Gasteiger partial charge in [-0.1, -0.05) is 60.2 Å². The summed E-state index contributed by atoms with van der Waals surface area (Å²) in [5.41, 5.74) is 7.81. The predicted molar refractivity (Wildman–Crippen MR) is 143 cm³/mol. The molecule has 3 rings (SSSR count). The Kier molecular flexibility index (Phi) is 9.30. The second-order valence-electron chi connectivity index (χ2n) is 9.94. The third-order valence-electron chi connectivity index (χ3n) is 5.56. The monoisotopic (exact) mass is 539 g/mol. The third-order valence-corrected chi connectivity index (χ3v) is 6.82. The van der Waals surface area contributed by atoms with E-state index >= 15 is 0 Å². The standard InChI is InChI=1S/C29H33NO7S/c1-20-10-16-24(17-11-20)38(33,34)37-23-14-12-22(13-15-23)25(18-26(31)36-29(2,3)4)27(30)28(32)35-19-21-8-6-5-7-9-21/h5-17,25,27H,18-19,30H2,1-4H3. The zero-order chi connectivity index (χ0) is 27.9. The molecule has 9 heteroatoms. The number of aryl methyl sites for hydroxylation is 1. The van der Waals surface area contributed by atoms with Gasteiger partial charge in [-0.05, 0) is 63.1 Å². The number of hydrogen-bond donors (Lipinski definition) is 1. The first-order valence-electron chi connectivity index (χ1n) is 12.1. The summed E-state index contributed by atoms with van der Waals surface area (Å²) < 4.78 is 41.4. The molecule has 38 heavy (non-hydrogen) atoms. The maximum absolute atomic E-state index is 12.8. The van der Waals surface area contributed by atoms with Gasteiger partial charge >= 0.3 is 22.1 Å². The number of hydrogen-bond acceptors (Lipinski definition) is 8. The average molecular weight is 540 g/mol. The van der Waals surface area contributed by atoms with Gasteiger partial charge in [0.05, 0.1) is 6.42 Å². The highest BCUT2D eigenvalue weighted by Gasteiger charge is 2.31. The minimum absolute atomic E-state index is 0.0261. The zero-order valence-corrected chi connectivity index (χ0v) is 22.7. The number of rotatable bonds is 10. The first kappa shape index (κ1) is 28.9. The van der Waals surface area contributed by atoms with Gasteiger partial charge in [0, 0.05) is 5.92 Å². The van der Waals surface area contributed by atoms with Gasteiger partial charge in [0.2, 0.25) is 0 Å². The number of nitrogens with two attached hydrogens (primary N) is 1. The van der Waals surface area contributed by atoms with Crippen LogP contribution in [0.4, 0.5) is 0 Å². The lowest BCUT2D eigenvalue weighted by Gasteiger charge is -2.25. The van der Waals surface area contributed by atoms with Crippen molar-refractivity contribution < 1.29 is 31.7 Å². The van der Waals surface area contributed by atoms with Crippen LogP contribution in [0.25, 0.3) is 0 Å². The molecular weight excluding hydrogens is 506 g/mol. The Morgan fingerprint density at radius 3 is 2.08 bits per heavy atom. The van der Waals surface area contributed by atoms with E-state index in [1.807, 2.05) is 37.3 Å². The first-order valence-corrected chi connectivity index (χ1v) is 13.5. The van der Waals surface area contributed by atoms with Crippen LogP contribution in [0.1, 0.15) is 49.8 Å². The van der Waals surface area contributed by atoms with Crippen LogP contribution in [0.3, 0.4) is 0 Å². The zero-order valence-electron chi connectivity index (χ0n) is 21.9. The van der Waals surface area contributed by atoms with Gasteiger partial charge in [-0.15, -0.1) is 0 Å². The molecule has 0 aliphatic carbocycles. The van der Waals surface area contributed by atoms with Crippen LogP contribution in [0.2, 0.25) is 0 Å². The Hall–Kier alpha value is -3.69. The molecule has 2 N–H and O–H groups in total. The van der Waals surface area contributed by atoms with Gasteiger partial charge in [-0.3, -0.25) is 9.59 Å². The molecule has 0 spiro atoms. The molecule has 0 aliphatic heterocycles. The first-order chi connectivity index (χ1) is 17.8. The van der Waals surface area contributed by atoms with Gasteiger partial charge < -0.3 is 19.4 Å². The fraction of sp³-hybridized carbons (Fsp3) is 0.310. The summed E-state index contributed by atoms with van der Waals surface area (Å²) >= 11 is 0. The second kappa shape index (κ2) is 12.2. The third kappa shape index (κ3) is 8.43. The lowest BCUT2D eigenvalue weighted by atomic mass is 9.88. The van der Waals surface area contributed by atoms with Crippen LogP contribution in [0.5, 0.6) is 5.75 Å². The highest BCUT2D eigenvalue weighted by atomic mass is 32.2. The van der Waals surface area contributed by atoms with E-state index in [0.717, 1.165) is 11.1 Å². The maximum Gasteiger partial charge on any atom is 0.339 e. The van der Waals surface area contributed by atoms with Gasteiger partial charge in [-0.25, -0.2) is 0 Å². The highest BCUT2D eigenvalue weighted by Crippen LogP contribution is 2.28. The van der Waals surface area contributed by atoms with Gasteiger partial charge in [0.1, 0.15) is 28.9 Å². The number of ether oxygens (including phenoxy) is 2. The Morgan fingerprint density at radius 1 is 0.895 bits per heavy atom. The lowest BCUT2D eigenvalue weighted by molar-refractivity contribution is -0.156. The van der Waals surface area contributed by atoms with Crippen LogP contribution < -0.4 is 9.92 Å². The molecule has 0 amide bonds. The molecule has 0 aliphatic rings. The minimum atomic E-state index is -4.04. The molecule has 3 aromatic carbocycles. The molecular formula is C29H33NO7S. The van der Waals surface area contributed by atoms with E-state index in [0.29, 0.717) is 5.56 Å². The molecule has 0 heterocycles. The van der Waals surface area contributed by atoms with E-state index in [2.05, 4.69) is 0 Å². The fourth-order valence-electron chi connectivity index (χ4n) is 3.65. The van der Waals surface area contributed by atoms with Crippen LogP contribution >= 0.6 is 0 Å². The maximum atomic E-state index is 12.8. The molecule has 3 aromatic rings. The van der Waals surface area contributed by atoms with Crippen molar-refractivity contribution in [2.24, 2.45) is 5.73 Å². The van der Waals surface area contributed by atoms with Crippen molar-refractivity contribution in [1.29, 1.82) is 0 Å². The second-order valence-corrected chi connectivity index (χ2v) is 11.5. The minimum Gasteiger partial charge on any atom is -0.460 e. The summed E-state index contributed by atoms with van der Waals surface area (Å²) in [7, 11) is -4.04. The highest BCUT2D eigenvalue weighted by molar-refractivity contribution is 7.87. The van der Waals surface area contributed by atoms with Crippen molar-refractivity contribution in [3.8, 4) is 5.75 Å². The van der Waals surface area contributed by atoms with Crippen LogP contribution in [-0.4, -0.2) is 32.0 Å². The fourth-order valence-corrected chi connectivity index (χ4v) is 4.58. The summed E-state index contributed by atoms with van der Waals surface area (Å²) in [5, 5.41) is 0. The van der Waals surface area contributed by atoms with Crippen molar-refractivity contribution in [2.75, 3.05) is 0 Å². The van der Waals surface area contributed by atoms with E-state index in [9.17, 15) is 18.0 Å². The number of carbonyl (C=O) groups is 2. The molecule has 0 fully saturated rings. The van der Waals surface area contributed by atoms with Crippen LogP contribution in [0, 0.1) is 6.92 Å². The average Bonchev–Trinajstić information content (AvgIpc) is 2.85. The molecule has 0 saturated heterocycles. The Bertz CT molecular complexity index is 1330. The molecule has 0 aromatic heterocycles. The SMILES string of the molecule is Cc1ccc(S(=O)(=O)Oc2ccc(C(CC(=O)OC(C)(C)C)C(N)C(=O)OCc3ccccc3)cc2)cc1. The summed E-state index contributed by atoms with van der Waals surface area (Å²) in [5.74, 6) is -1.91. The van der Waals surface area contributed by atoms with Crippen molar-refractivity contribution in [3.63, 3.8) is 0 Å². The molecule has 2 unspecified atom stereocenters. The topological polar surface area (TPSA) is 122 Å². The predicted octanol–water partition coefficient (Wildman–Crippen LogP) is 4.65. The number of esters is 2. The Balaban J connectivity index is 1.79. The van der Waals surface area contributed by atoms with Crippen molar-refractivity contribution in [3.05, 3.63) is 95.6 Å². The summed E-state index contributed by atoms with van der Waals surface area (Å²) in [6, 6.07) is 20.3. The van der Waals surface area contributed by atoms with Crippen molar-refractivity contribution >= 4 is 22.1 Å². The number of benzene rings is 3. The molecule has 0 bridgehead atoms. The van der Waals surface area contributed by atoms with E-state index < -0.39 is 39.6 Å². The summed E-state index contributed by atoms with van der Waals surface area (Å²) in [6.07, 6.45) is -0.180. The van der Waals surface area contributed by atoms with Gasteiger partial charge in [-0.2, -0.15) is 8.42 Å². The smallest absolute Gasteiger partial charge is 0.339 e. The lowest BCUT2D eigenvalue weighted by Crippen LogP contribution is -2.40. The molecule has 0 saturated carbocycles.